The van der Waals surface area contributed by atoms with E-state index in [-0.39, 0.29) is 30.5 Å². The summed E-state index contributed by atoms with van der Waals surface area (Å²) in [5.74, 6) is -1.01. The number of benzene rings is 3. The Morgan fingerprint density at radius 2 is 1.70 bits per heavy atom. The van der Waals surface area contributed by atoms with Crippen LogP contribution in [0.3, 0.4) is 0 Å². The van der Waals surface area contributed by atoms with Crippen LogP contribution in [-0.2, 0) is 32.0 Å². The van der Waals surface area contributed by atoms with E-state index < -0.39 is 29.5 Å². The molecular weight excluding hydrogens is 757 g/mol. The maximum absolute atomic E-state index is 13.8. The zero-order valence-electron chi connectivity index (χ0n) is 32.0. The molecule has 2 heterocycles. The number of fused-ring (bicyclic) bond motifs is 1. The molecule has 5 rings (SSSR count). The first kappa shape index (κ1) is 41.4. The molecule has 0 aliphatic carbocycles. The Kier molecular flexibility index (Phi) is 13.8. The number of thioether (sulfide) groups is 1. The van der Waals surface area contributed by atoms with Crippen LogP contribution < -0.4 is 25.4 Å². The van der Waals surface area contributed by atoms with Gasteiger partial charge in [0.05, 0.1) is 38.7 Å². The van der Waals surface area contributed by atoms with Crippen molar-refractivity contribution in [3.63, 3.8) is 0 Å². The van der Waals surface area contributed by atoms with Crippen molar-refractivity contribution < 1.29 is 42.9 Å². The van der Waals surface area contributed by atoms with Crippen LogP contribution in [0.15, 0.2) is 83.4 Å². The number of anilines is 2. The number of nitrogens with zero attached hydrogens (tertiary/aromatic N) is 1. The third kappa shape index (κ3) is 10.9. The van der Waals surface area contributed by atoms with Crippen molar-refractivity contribution in [3.05, 3.63) is 106 Å². The highest BCUT2D eigenvalue weighted by molar-refractivity contribution is 8.00. The summed E-state index contributed by atoms with van der Waals surface area (Å²) in [6.07, 6.45) is 1.46. The minimum Gasteiger partial charge on any atom is -0.497 e. The van der Waals surface area contributed by atoms with Crippen molar-refractivity contribution in [2.45, 2.75) is 51.2 Å². The minimum atomic E-state index is -0.656. The fraction of sp³-hybridized carbons (Fsp3) is 0.293. The highest BCUT2D eigenvalue weighted by Gasteiger charge is 2.33. The van der Waals surface area contributed by atoms with E-state index in [1.807, 2.05) is 0 Å². The Hall–Kier alpha value is -5.80. The van der Waals surface area contributed by atoms with Gasteiger partial charge in [-0.2, -0.15) is 0 Å². The van der Waals surface area contributed by atoms with Gasteiger partial charge in [-0.1, -0.05) is 24.3 Å². The molecule has 15 heteroatoms. The van der Waals surface area contributed by atoms with E-state index in [4.69, 9.17) is 18.9 Å². The molecule has 0 unspecified atom stereocenters. The third-order valence-corrected chi connectivity index (χ3v) is 10.3. The third-order valence-electron chi connectivity index (χ3n) is 8.17. The molecule has 294 valence electrons. The van der Waals surface area contributed by atoms with Gasteiger partial charge in [0, 0.05) is 33.1 Å². The van der Waals surface area contributed by atoms with Crippen LogP contribution in [0.1, 0.15) is 64.4 Å². The molecule has 0 fully saturated rings. The van der Waals surface area contributed by atoms with Crippen molar-refractivity contribution in [1.82, 2.24) is 10.2 Å². The van der Waals surface area contributed by atoms with Crippen LogP contribution in [0.5, 0.6) is 11.5 Å². The van der Waals surface area contributed by atoms with E-state index >= 15 is 0 Å². The van der Waals surface area contributed by atoms with Gasteiger partial charge in [0.1, 0.15) is 27.8 Å². The van der Waals surface area contributed by atoms with Crippen LogP contribution in [0, 0.1) is 0 Å². The fourth-order valence-electron chi connectivity index (χ4n) is 5.62. The first-order valence-corrected chi connectivity index (χ1v) is 19.5. The second-order valence-electron chi connectivity index (χ2n) is 13.4. The molecule has 3 aromatic carbocycles. The summed E-state index contributed by atoms with van der Waals surface area (Å²) < 4.78 is 21.7. The van der Waals surface area contributed by atoms with Gasteiger partial charge in [0.2, 0.25) is 5.91 Å². The predicted octanol–water partition coefficient (Wildman–Crippen LogP) is 7.38. The van der Waals surface area contributed by atoms with Crippen LogP contribution in [-0.4, -0.2) is 73.4 Å². The number of hydrogen-bond donors (Lipinski definition) is 3. The number of carbonyl (C=O) groups is 5. The topological polar surface area (TPSA) is 162 Å². The molecule has 0 atom stereocenters. The number of carbonyl (C=O) groups excluding carboxylic acids is 5. The molecular formula is C41H44N4O9S2. The van der Waals surface area contributed by atoms with Gasteiger partial charge in [-0.15, -0.1) is 23.1 Å². The van der Waals surface area contributed by atoms with E-state index in [0.29, 0.717) is 56.7 Å². The van der Waals surface area contributed by atoms with Gasteiger partial charge >= 0.3 is 12.1 Å². The smallest absolute Gasteiger partial charge is 0.410 e. The standard InChI is InChI=1S/C41H44N4O9S2/c1-7-53-39(49)35-30-18-19-45(40(50)54-41(2,3)4)23-33(30)56-38(35)44-34(46)24-55-29-15-11-14-27(22-29)42-37(48)31(43-36(47)25-12-9-8-10-13-25)21-26-20-28(51-5)16-17-32(26)52-6/h8-17,20-22H,7,18-19,23-24H2,1-6H3,(H,42,48)(H,43,47)(H,44,46)/b31-21+. The minimum absolute atomic E-state index is 0.0137. The summed E-state index contributed by atoms with van der Waals surface area (Å²) in [6, 6.07) is 20.5. The largest absolute Gasteiger partial charge is 0.497 e. The van der Waals surface area contributed by atoms with Gasteiger partial charge in [0.25, 0.3) is 11.8 Å². The lowest BCUT2D eigenvalue weighted by Crippen LogP contribution is -2.39. The Morgan fingerprint density at radius 1 is 0.929 bits per heavy atom. The maximum atomic E-state index is 13.8. The van der Waals surface area contributed by atoms with E-state index in [1.165, 1.54) is 43.4 Å². The summed E-state index contributed by atoms with van der Waals surface area (Å²) in [6.45, 7) is 7.86. The average molecular weight is 801 g/mol. The van der Waals surface area contributed by atoms with Crippen LogP contribution in [0.4, 0.5) is 15.5 Å². The molecule has 3 N–H and O–H groups in total. The summed E-state index contributed by atoms with van der Waals surface area (Å²) >= 11 is 2.46. The van der Waals surface area contributed by atoms with Gasteiger partial charge in [0.15, 0.2) is 0 Å². The molecule has 13 nitrogen and oxygen atoms in total. The van der Waals surface area contributed by atoms with Crippen LogP contribution in [0.25, 0.3) is 6.08 Å². The molecule has 0 saturated carbocycles. The van der Waals surface area contributed by atoms with Crippen molar-refractivity contribution in [2.24, 2.45) is 0 Å². The lowest BCUT2D eigenvalue weighted by molar-refractivity contribution is -0.114. The second-order valence-corrected chi connectivity index (χ2v) is 15.5. The molecule has 0 saturated heterocycles. The Bertz CT molecular complexity index is 2130. The number of amides is 4. The average Bonchev–Trinajstić information content (AvgIpc) is 3.53. The number of methoxy groups -OCH3 is 2. The van der Waals surface area contributed by atoms with E-state index in [2.05, 4.69) is 16.0 Å². The highest BCUT2D eigenvalue weighted by Crippen LogP contribution is 2.38. The fourth-order valence-corrected chi connectivity index (χ4v) is 7.64. The first-order chi connectivity index (χ1) is 26.8. The summed E-state index contributed by atoms with van der Waals surface area (Å²) in [5.41, 5.74) is 1.62. The van der Waals surface area contributed by atoms with Gasteiger partial charge in [-0.05, 0) is 94.3 Å². The van der Waals surface area contributed by atoms with E-state index in [1.54, 1.807) is 105 Å². The molecule has 56 heavy (non-hydrogen) atoms. The number of esters is 1. The molecule has 1 aliphatic heterocycles. The molecule has 4 aromatic rings. The zero-order valence-corrected chi connectivity index (χ0v) is 33.6. The molecule has 4 amide bonds. The SMILES string of the molecule is CCOC(=O)c1c(NC(=O)CSc2cccc(NC(=O)/C(=C\c3cc(OC)ccc3OC)NC(=O)c3ccccc3)c2)sc2c1CCN(C(=O)OC(C)(C)C)C2. The normalized spacial score (nSPS) is 12.5. The molecule has 1 aliphatic rings. The Morgan fingerprint density at radius 3 is 2.39 bits per heavy atom. The monoisotopic (exact) mass is 800 g/mol. The summed E-state index contributed by atoms with van der Waals surface area (Å²) in [7, 11) is 3.02. The second kappa shape index (κ2) is 18.7. The lowest BCUT2D eigenvalue weighted by Gasteiger charge is -2.30. The molecule has 0 bridgehead atoms. The summed E-state index contributed by atoms with van der Waals surface area (Å²) in [5, 5.41) is 8.80. The number of hydrogen-bond acceptors (Lipinski definition) is 11. The van der Waals surface area contributed by atoms with Crippen LogP contribution >= 0.6 is 23.1 Å². The highest BCUT2D eigenvalue weighted by atomic mass is 32.2. The van der Waals surface area contributed by atoms with E-state index in [9.17, 15) is 24.0 Å². The van der Waals surface area contributed by atoms with Gasteiger partial charge in [-0.25, -0.2) is 9.59 Å². The Balaban J connectivity index is 1.30. The molecule has 0 radical (unpaired) electrons. The Labute approximate surface area is 333 Å². The van der Waals surface area contributed by atoms with Crippen molar-refractivity contribution in [1.29, 1.82) is 0 Å². The van der Waals surface area contributed by atoms with Crippen molar-refractivity contribution in [2.75, 3.05) is 43.8 Å². The van der Waals surface area contributed by atoms with Crippen molar-refractivity contribution in [3.8, 4) is 11.5 Å². The maximum Gasteiger partial charge on any atom is 0.410 e. The lowest BCUT2D eigenvalue weighted by atomic mass is 10.0. The molecule has 0 spiro atoms. The number of rotatable bonds is 13. The molecule has 1 aromatic heterocycles. The first-order valence-electron chi connectivity index (χ1n) is 17.7. The van der Waals surface area contributed by atoms with Crippen molar-refractivity contribution >= 4 is 69.6 Å². The number of nitrogens with one attached hydrogen (secondary N) is 3. The quantitative estimate of drug-likeness (QED) is 0.0707. The van der Waals surface area contributed by atoms with E-state index in [0.717, 1.165) is 10.4 Å². The van der Waals surface area contributed by atoms with Gasteiger partial charge < -0.3 is 39.8 Å². The summed E-state index contributed by atoms with van der Waals surface area (Å²) in [4.78, 5) is 69.1. The number of ether oxygens (including phenoxy) is 4. The number of thiophene rings is 1. The predicted molar refractivity (Wildman–Crippen MR) is 216 cm³/mol. The zero-order chi connectivity index (χ0) is 40.4. The van der Waals surface area contributed by atoms with Crippen LogP contribution in [0.2, 0.25) is 0 Å². The van der Waals surface area contributed by atoms with Gasteiger partial charge in [-0.3, -0.25) is 14.4 Å².